The van der Waals surface area contributed by atoms with Gasteiger partial charge in [0.05, 0.1) is 6.54 Å². The van der Waals surface area contributed by atoms with E-state index in [9.17, 15) is 0 Å². The first-order valence-corrected chi connectivity index (χ1v) is 8.75. The molecule has 142 valence electrons. The number of halogens is 1. The van der Waals surface area contributed by atoms with Crippen LogP contribution in [0.25, 0.3) is 0 Å². The quantitative estimate of drug-likeness (QED) is 0.336. The molecule has 3 rings (SSSR count). The summed E-state index contributed by atoms with van der Waals surface area (Å²) in [6.45, 7) is 2.34. The number of aliphatic imine (C=N–C) groups is 1. The Morgan fingerprint density at radius 2 is 1.78 bits per heavy atom. The maximum absolute atomic E-state index is 4.40. The third kappa shape index (κ3) is 6.39. The van der Waals surface area contributed by atoms with E-state index in [4.69, 9.17) is 0 Å². The highest BCUT2D eigenvalue weighted by atomic mass is 127. The molecule has 0 saturated carbocycles. The molecule has 6 heteroatoms. The average Bonchev–Trinajstić information content (AvgIpc) is 3.16. The molecule has 0 radical (unpaired) electrons. The fraction of sp³-hybridized carbons (Fsp3) is 0.238. The third-order valence-corrected chi connectivity index (χ3v) is 4.18. The predicted molar refractivity (Wildman–Crippen MR) is 121 cm³/mol. The van der Waals surface area contributed by atoms with Crippen molar-refractivity contribution < 1.29 is 0 Å². The largest absolute Gasteiger partial charge is 0.352 e. The first-order chi connectivity index (χ1) is 12.7. The number of nitrogens with one attached hydrogen (secondary N) is 1. The smallest absolute Gasteiger partial charge is 0.193 e. The van der Waals surface area contributed by atoms with E-state index in [0.29, 0.717) is 0 Å². The van der Waals surface area contributed by atoms with Gasteiger partial charge in [0.1, 0.15) is 0 Å². The molecule has 0 aliphatic heterocycles. The standard InChI is InChI=1S/C21H25N5.HI/c1-22-21(25(2)16-18-8-4-3-5-9-18)23-15-19-10-6-11-20(14-19)17-26-13-7-12-24-26;/h3-14H,15-17H2,1-2H3,(H,22,23);1H. The van der Waals surface area contributed by atoms with Crippen molar-refractivity contribution in [1.82, 2.24) is 20.0 Å². The normalized spacial score (nSPS) is 11.0. The molecule has 2 aromatic carbocycles. The van der Waals surface area contributed by atoms with Crippen molar-refractivity contribution in [2.45, 2.75) is 19.6 Å². The van der Waals surface area contributed by atoms with Crippen LogP contribution < -0.4 is 5.32 Å². The van der Waals surface area contributed by atoms with Gasteiger partial charge in [-0.1, -0.05) is 54.6 Å². The van der Waals surface area contributed by atoms with E-state index in [1.165, 1.54) is 16.7 Å². The Balaban J connectivity index is 0.00000261. The molecule has 0 atom stereocenters. The Bertz CT molecular complexity index is 831. The van der Waals surface area contributed by atoms with E-state index in [1.54, 1.807) is 6.20 Å². The molecule has 0 fully saturated rings. The molecule has 3 aromatic rings. The lowest BCUT2D eigenvalue weighted by molar-refractivity contribution is 0.476. The molecule has 5 nitrogen and oxygen atoms in total. The number of rotatable bonds is 6. The minimum atomic E-state index is 0. The monoisotopic (exact) mass is 475 g/mol. The van der Waals surface area contributed by atoms with Crippen LogP contribution in [-0.4, -0.2) is 34.7 Å². The highest BCUT2D eigenvalue weighted by Crippen LogP contribution is 2.08. The molecule has 0 unspecified atom stereocenters. The SMILES string of the molecule is CN=C(NCc1cccc(Cn2cccn2)c1)N(C)Cc1ccccc1.I. The van der Waals surface area contributed by atoms with Gasteiger partial charge in [-0.05, 0) is 22.8 Å². The highest BCUT2D eigenvalue weighted by molar-refractivity contribution is 14.0. The van der Waals surface area contributed by atoms with Crippen LogP contribution >= 0.6 is 24.0 Å². The van der Waals surface area contributed by atoms with Crippen LogP contribution in [0.15, 0.2) is 78.0 Å². The van der Waals surface area contributed by atoms with Crippen LogP contribution in [0.3, 0.4) is 0 Å². The Hall–Kier alpha value is -2.35. The fourth-order valence-corrected chi connectivity index (χ4v) is 2.92. The maximum atomic E-state index is 4.40. The summed E-state index contributed by atoms with van der Waals surface area (Å²) in [7, 11) is 3.87. The second-order valence-electron chi connectivity index (χ2n) is 6.27. The first-order valence-electron chi connectivity index (χ1n) is 8.75. The van der Waals surface area contributed by atoms with Crippen LogP contribution in [-0.2, 0) is 19.6 Å². The summed E-state index contributed by atoms with van der Waals surface area (Å²) in [6.07, 6.45) is 3.78. The van der Waals surface area contributed by atoms with E-state index >= 15 is 0 Å². The topological polar surface area (TPSA) is 45.5 Å². The van der Waals surface area contributed by atoms with E-state index in [-0.39, 0.29) is 24.0 Å². The number of hydrogen-bond acceptors (Lipinski definition) is 2. The average molecular weight is 475 g/mol. The Kier molecular flexibility index (Phi) is 8.32. The summed E-state index contributed by atoms with van der Waals surface area (Å²) in [5.74, 6) is 0.881. The molecule has 0 aliphatic rings. The van der Waals surface area contributed by atoms with E-state index in [2.05, 4.69) is 75.9 Å². The Labute approximate surface area is 178 Å². The molecule has 1 aromatic heterocycles. The minimum Gasteiger partial charge on any atom is -0.352 e. The lowest BCUT2D eigenvalue weighted by Gasteiger charge is -2.22. The Morgan fingerprint density at radius 3 is 2.48 bits per heavy atom. The zero-order valence-corrected chi connectivity index (χ0v) is 18.1. The molecular formula is C21H26IN5. The fourth-order valence-electron chi connectivity index (χ4n) is 2.92. The summed E-state index contributed by atoms with van der Waals surface area (Å²) >= 11 is 0. The number of nitrogens with zero attached hydrogens (tertiary/aromatic N) is 4. The van der Waals surface area contributed by atoms with Gasteiger partial charge in [-0.3, -0.25) is 9.67 Å². The zero-order chi connectivity index (χ0) is 18.2. The summed E-state index contributed by atoms with van der Waals surface area (Å²) in [6, 6.07) is 20.9. The molecule has 1 N–H and O–H groups in total. The molecule has 0 spiro atoms. The molecular weight excluding hydrogens is 449 g/mol. The van der Waals surface area contributed by atoms with Gasteiger partial charge in [0.15, 0.2) is 5.96 Å². The molecule has 0 aliphatic carbocycles. The van der Waals surface area contributed by atoms with Crippen molar-refractivity contribution in [2.75, 3.05) is 14.1 Å². The van der Waals surface area contributed by atoms with Crippen molar-refractivity contribution in [2.24, 2.45) is 4.99 Å². The van der Waals surface area contributed by atoms with Crippen molar-refractivity contribution in [3.05, 3.63) is 89.7 Å². The first kappa shape index (κ1) is 21.0. The predicted octanol–water partition coefficient (Wildman–Crippen LogP) is 3.76. The van der Waals surface area contributed by atoms with E-state index < -0.39 is 0 Å². The van der Waals surface area contributed by atoms with Gasteiger partial charge in [-0.15, -0.1) is 24.0 Å². The van der Waals surface area contributed by atoms with Crippen molar-refractivity contribution >= 4 is 29.9 Å². The summed E-state index contributed by atoms with van der Waals surface area (Å²) in [4.78, 5) is 6.53. The van der Waals surface area contributed by atoms with Gasteiger partial charge in [0.2, 0.25) is 0 Å². The van der Waals surface area contributed by atoms with Gasteiger partial charge in [-0.25, -0.2) is 0 Å². The summed E-state index contributed by atoms with van der Waals surface area (Å²) in [5.41, 5.74) is 3.73. The molecule has 27 heavy (non-hydrogen) atoms. The summed E-state index contributed by atoms with van der Waals surface area (Å²) < 4.78 is 1.93. The minimum absolute atomic E-state index is 0. The van der Waals surface area contributed by atoms with Crippen LogP contribution in [0.1, 0.15) is 16.7 Å². The molecule has 1 heterocycles. The van der Waals surface area contributed by atoms with Crippen LogP contribution in [0, 0.1) is 0 Å². The second-order valence-corrected chi connectivity index (χ2v) is 6.27. The number of benzene rings is 2. The molecule has 0 saturated heterocycles. The van der Waals surface area contributed by atoms with E-state index in [0.717, 1.165) is 25.6 Å². The van der Waals surface area contributed by atoms with Crippen molar-refractivity contribution in [3.8, 4) is 0 Å². The van der Waals surface area contributed by atoms with Crippen molar-refractivity contribution in [3.63, 3.8) is 0 Å². The van der Waals surface area contributed by atoms with Gasteiger partial charge in [0, 0.05) is 39.6 Å². The van der Waals surface area contributed by atoms with Crippen LogP contribution in [0.4, 0.5) is 0 Å². The third-order valence-electron chi connectivity index (χ3n) is 4.18. The zero-order valence-electron chi connectivity index (χ0n) is 15.7. The number of guanidine groups is 1. The maximum Gasteiger partial charge on any atom is 0.193 e. The lowest BCUT2D eigenvalue weighted by Crippen LogP contribution is -2.38. The van der Waals surface area contributed by atoms with Gasteiger partial charge < -0.3 is 10.2 Å². The van der Waals surface area contributed by atoms with Gasteiger partial charge in [-0.2, -0.15) is 5.10 Å². The van der Waals surface area contributed by atoms with Gasteiger partial charge >= 0.3 is 0 Å². The molecule has 0 amide bonds. The van der Waals surface area contributed by atoms with E-state index in [1.807, 2.05) is 30.1 Å². The number of aromatic nitrogens is 2. The Morgan fingerprint density at radius 1 is 1.04 bits per heavy atom. The lowest BCUT2D eigenvalue weighted by atomic mass is 10.1. The number of hydrogen-bond donors (Lipinski definition) is 1. The van der Waals surface area contributed by atoms with Gasteiger partial charge in [0.25, 0.3) is 0 Å². The van der Waals surface area contributed by atoms with Crippen LogP contribution in [0.2, 0.25) is 0 Å². The molecule has 0 bridgehead atoms. The second kappa shape index (κ2) is 10.7. The summed E-state index contributed by atoms with van der Waals surface area (Å²) in [5, 5.41) is 7.71. The van der Waals surface area contributed by atoms with Crippen LogP contribution in [0.5, 0.6) is 0 Å². The van der Waals surface area contributed by atoms with Crippen molar-refractivity contribution in [1.29, 1.82) is 0 Å². The highest BCUT2D eigenvalue weighted by Gasteiger charge is 2.07.